The quantitative estimate of drug-likeness (QED) is 0.905. The highest BCUT2D eigenvalue weighted by Crippen LogP contribution is 2.28. The Balaban J connectivity index is 2.33. The number of benzene rings is 2. The Morgan fingerprint density at radius 3 is 2.32 bits per heavy atom. The largest absolute Gasteiger partial charge is 0.366 e. The lowest BCUT2D eigenvalue weighted by Crippen LogP contribution is -2.30. The van der Waals surface area contributed by atoms with Crippen molar-refractivity contribution in [2.75, 3.05) is 18.5 Å². The first kappa shape index (κ1) is 13.6. The molecule has 0 aromatic heterocycles. The first-order valence-electron chi connectivity index (χ1n) is 6.68. The van der Waals surface area contributed by atoms with Crippen molar-refractivity contribution in [3.05, 3.63) is 65.2 Å². The van der Waals surface area contributed by atoms with Crippen molar-refractivity contribution in [3.63, 3.8) is 0 Å². The number of likely N-dealkylation sites (N-methyl/N-ethyl adjacent to an activating group) is 1. The van der Waals surface area contributed by atoms with Crippen LogP contribution in [0.5, 0.6) is 0 Å². The third-order valence-electron chi connectivity index (χ3n) is 3.61. The molecule has 0 aliphatic heterocycles. The lowest BCUT2D eigenvalue weighted by Gasteiger charge is -2.31. The van der Waals surface area contributed by atoms with E-state index in [0.717, 1.165) is 0 Å². The average molecular weight is 254 g/mol. The van der Waals surface area contributed by atoms with Crippen LogP contribution >= 0.6 is 0 Å². The van der Waals surface area contributed by atoms with Gasteiger partial charge in [0, 0.05) is 19.3 Å². The summed E-state index contributed by atoms with van der Waals surface area (Å²) in [5, 5.41) is 0. The van der Waals surface area contributed by atoms with Crippen LogP contribution in [0.1, 0.15) is 22.7 Å². The van der Waals surface area contributed by atoms with E-state index in [-0.39, 0.29) is 6.04 Å². The Labute approximate surface area is 115 Å². The number of nitrogens with zero attached hydrogens (tertiary/aromatic N) is 1. The van der Waals surface area contributed by atoms with Gasteiger partial charge < -0.3 is 10.6 Å². The van der Waals surface area contributed by atoms with Crippen LogP contribution in [0.2, 0.25) is 0 Å². The van der Waals surface area contributed by atoms with Crippen LogP contribution in [0.25, 0.3) is 0 Å². The zero-order valence-electron chi connectivity index (χ0n) is 11.9. The molecule has 1 atom stereocenters. The van der Waals surface area contributed by atoms with Crippen LogP contribution < -0.4 is 10.6 Å². The van der Waals surface area contributed by atoms with Crippen molar-refractivity contribution in [1.29, 1.82) is 0 Å². The first-order chi connectivity index (χ1) is 9.13. The molecule has 19 heavy (non-hydrogen) atoms. The fourth-order valence-corrected chi connectivity index (χ4v) is 2.56. The molecule has 0 amide bonds. The molecule has 2 rings (SSSR count). The second-order valence-electron chi connectivity index (χ2n) is 5.06. The Morgan fingerprint density at radius 1 is 1.05 bits per heavy atom. The highest BCUT2D eigenvalue weighted by molar-refractivity contribution is 5.55. The van der Waals surface area contributed by atoms with Crippen molar-refractivity contribution in [2.45, 2.75) is 19.9 Å². The predicted molar refractivity (Wildman–Crippen MR) is 82.6 cm³/mol. The molecule has 0 heterocycles. The molecular weight excluding hydrogens is 232 g/mol. The minimum atomic E-state index is 0.211. The third-order valence-corrected chi connectivity index (χ3v) is 3.61. The van der Waals surface area contributed by atoms with E-state index >= 15 is 0 Å². The molecule has 0 aliphatic carbocycles. The molecular formula is C17H22N2. The maximum Gasteiger partial charge on any atom is 0.0661 e. The van der Waals surface area contributed by atoms with Gasteiger partial charge in [0.2, 0.25) is 0 Å². The van der Waals surface area contributed by atoms with Crippen LogP contribution in [0.15, 0.2) is 48.5 Å². The maximum absolute atomic E-state index is 5.98. The van der Waals surface area contributed by atoms with Gasteiger partial charge in [0.15, 0.2) is 0 Å². The van der Waals surface area contributed by atoms with Crippen molar-refractivity contribution in [1.82, 2.24) is 0 Å². The molecule has 0 radical (unpaired) electrons. The molecule has 1 unspecified atom stereocenters. The summed E-state index contributed by atoms with van der Waals surface area (Å²) in [5.74, 6) is 0. The van der Waals surface area contributed by atoms with Gasteiger partial charge in [-0.1, -0.05) is 48.0 Å². The molecule has 0 saturated heterocycles. The van der Waals surface area contributed by atoms with Gasteiger partial charge in [-0.25, -0.2) is 0 Å². The van der Waals surface area contributed by atoms with Gasteiger partial charge in [0.25, 0.3) is 0 Å². The van der Waals surface area contributed by atoms with E-state index < -0.39 is 0 Å². The molecule has 0 fully saturated rings. The summed E-state index contributed by atoms with van der Waals surface area (Å²) in [5.41, 5.74) is 11.1. The minimum Gasteiger partial charge on any atom is -0.366 e. The molecule has 2 N–H and O–H groups in total. The summed E-state index contributed by atoms with van der Waals surface area (Å²) < 4.78 is 0. The molecule has 2 aromatic rings. The molecule has 100 valence electrons. The molecule has 0 spiro atoms. The summed E-state index contributed by atoms with van der Waals surface area (Å²) >= 11 is 0. The van der Waals surface area contributed by atoms with Crippen LogP contribution in [0.4, 0.5) is 5.69 Å². The van der Waals surface area contributed by atoms with Crippen LogP contribution in [-0.4, -0.2) is 13.6 Å². The lowest BCUT2D eigenvalue weighted by atomic mass is 10.0. The van der Waals surface area contributed by atoms with Gasteiger partial charge in [-0.15, -0.1) is 0 Å². The van der Waals surface area contributed by atoms with Gasteiger partial charge in [-0.05, 0) is 31.0 Å². The maximum atomic E-state index is 5.98. The van der Waals surface area contributed by atoms with E-state index in [9.17, 15) is 0 Å². The fraction of sp³-hybridized carbons (Fsp3) is 0.294. The van der Waals surface area contributed by atoms with Gasteiger partial charge in [-0.3, -0.25) is 0 Å². The predicted octanol–water partition coefficient (Wildman–Crippen LogP) is 3.44. The van der Waals surface area contributed by atoms with E-state index in [1.165, 1.54) is 22.4 Å². The van der Waals surface area contributed by atoms with E-state index in [4.69, 9.17) is 5.73 Å². The minimum absolute atomic E-state index is 0.211. The van der Waals surface area contributed by atoms with Gasteiger partial charge in [0.05, 0.1) is 6.04 Å². The molecule has 2 heteroatoms. The van der Waals surface area contributed by atoms with E-state index in [1.807, 2.05) is 6.07 Å². The highest BCUT2D eigenvalue weighted by atomic mass is 15.1. The number of anilines is 1. The molecule has 2 nitrogen and oxygen atoms in total. The fourth-order valence-electron chi connectivity index (χ4n) is 2.56. The van der Waals surface area contributed by atoms with Gasteiger partial charge >= 0.3 is 0 Å². The highest BCUT2D eigenvalue weighted by Gasteiger charge is 2.16. The topological polar surface area (TPSA) is 29.3 Å². The Hall–Kier alpha value is -1.80. The van der Waals surface area contributed by atoms with Gasteiger partial charge in [-0.2, -0.15) is 0 Å². The molecule has 2 aromatic carbocycles. The van der Waals surface area contributed by atoms with Crippen LogP contribution in [0, 0.1) is 13.8 Å². The lowest BCUT2D eigenvalue weighted by molar-refractivity contribution is 0.679. The van der Waals surface area contributed by atoms with E-state index in [0.29, 0.717) is 6.54 Å². The van der Waals surface area contributed by atoms with Crippen molar-refractivity contribution >= 4 is 5.69 Å². The number of hydrogen-bond acceptors (Lipinski definition) is 2. The van der Waals surface area contributed by atoms with Crippen LogP contribution in [0.3, 0.4) is 0 Å². The smallest absolute Gasteiger partial charge is 0.0661 e. The molecule has 0 bridgehead atoms. The van der Waals surface area contributed by atoms with Crippen LogP contribution in [-0.2, 0) is 0 Å². The standard InChI is InChI=1S/C17H22N2/c1-13-9-10-16(14(2)11-13)19(3)17(12-18)15-7-5-4-6-8-15/h4-11,17H,12,18H2,1-3H3. The second kappa shape index (κ2) is 5.89. The summed E-state index contributed by atoms with van der Waals surface area (Å²) in [4.78, 5) is 2.27. The average Bonchev–Trinajstić information content (AvgIpc) is 2.40. The Bertz CT molecular complexity index is 534. The molecule has 0 saturated carbocycles. The van der Waals surface area contributed by atoms with E-state index in [2.05, 4.69) is 68.3 Å². The van der Waals surface area contributed by atoms with Crippen molar-refractivity contribution < 1.29 is 0 Å². The summed E-state index contributed by atoms with van der Waals surface area (Å²) in [7, 11) is 2.11. The molecule has 0 aliphatic rings. The summed E-state index contributed by atoms with van der Waals surface area (Å²) in [6, 6.07) is 17.2. The SMILES string of the molecule is Cc1ccc(N(C)C(CN)c2ccccc2)c(C)c1. The second-order valence-corrected chi connectivity index (χ2v) is 5.06. The Morgan fingerprint density at radius 2 is 1.74 bits per heavy atom. The number of rotatable bonds is 4. The Kier molecular flexibility index (Phi) is 4.23. The first-order valence-corrected chi connectivity index (χ1v) is 6.68. The number of nitrogens with two attached hydrogens (primary N) is 1. The number of aryl methyl sites for hydroxylation is 2. The normalized spacial score (nSPS) is 12.2. The monoisotopic (exact) mass is 254 g/mol. The third kappa shape index (κ3) is 2.96. The van der Waals surface area contributed by atoms with E-state index in [1.54, 1.807) is 0 Å². The zero-order chi connectivity index (χ0) is 13.8. The van der Waals surface area contributed by atoms with Gasteiger partial charge in [0.1, 0.15) is 0 Å². The number of hydrogen-bond donors (Lipinski definition) is 1. The summed E-state index contributed by atoms with van der Waals surface area (Å²) in [6.07, 6.45) is 0. The van der Waals surface area contributed by atoms with Crippen molar-refractivity contribution in [3.8, 4) is 0 Å². The zero-order valence-corrected chi connectivity index (χ0v) is 11.9. The van der Waals surface area contributed by atoms with Crippen molar-refractivity contribution in [2.24, 2.45) is 5.73 Å². The summed E-state index contributed by atoms with van der Waals surface area (Å²) in [6.45, 7) is 4.87.